The van der Waals surface area contributed by atoms with Gasteiger partial charge in [-0.15, -0.1) is 0 Å². The van der Waals surface area contributed by atoms with E-state index in [-0.39, 0.29) is 33.2 Å². The molecule has 6 aromatic rings. The van der Waals surface area contributed by atoms with Crippen LogP contribution < -0.4 is 10.5 Å². The highest BCUT2D eigenvalue weighted by molar-refractivity contribution is 6.38. The Morgan fingerprint density at radius 1 is 0.711 bits per heavy atom. The summed E-state index contributed by atoms with van der Waals surface area (Å²) in [5, 5.41) is 24.2. The number of para-hydroxylation sites is 1. The van der Waals surface area contributed by atoms with E-state index < -0.39 is 38.6 Å². The third-order valence-corrected chi connectivity index (χ3v) is 6.86. The Hall–Kier alpha value is -5.78. The van der Waals surface area contributed by atoms with Crippen molar-refractivity contribution >= 4 is 67.1 Å². The molecule has 2 aromatic heterocycles. The lowest BCUT2D eigenvalue weighted by molar-refractivity contribution is -0.422. The zero-order chi connectivity index (χ0) is 26.5. The van der Waals surface area contributed by atoms with Crippen molar-refractivity contribution in [3.63, 3.8) is 0 Å². The van der Waals surface area contributed by atoms with Crippen LogP contribution in [0.25, 0.3) is 38.2 Å². The minimum Gasteiger partial charge on any atom is -0.268 e. The Kier molecular flexibility index (Phi) is 4.04. The number of carbonyl (C=O) groups is 2. The first kappa shape index (κ1) is 21.5. The van der Waals surface area contributed by atoms with Crippen LogP contribution in [0.5, 0.6) is 0 Å². The summed E-state index contributed by atoms with van der Waals surface area (Å²) in [6.07, 6.45) is 0. The zero-order valence-electron chi connectivity index (χ0n) is 18.9. The maximum Gasteiger partial charge on any atom is 0.348 e. The molecule has 12 nitrogen and oxygen atoms in total. The molecule has 0 radical (unpaired) electrons. The van der Waals surface area contributed by atoms with Gasteiger partial charge in [0.25, 0.3) is 17.4 Å². The van der Waals surface area contributed by atoms with Crippen molar-refractivity contribution in [2.24, 2.45) is 0 Å². The summed E-state index contributed by atoms with van der Waals surface area (Å²) in [5.41, 5.74) is -1.10. The fraction of sp³-hybridized carbons (Fsp3) is 0. The Bertz CT molecular complexity index is 2130. The van der Waals surface area contributed by atoms with Gasteiger partial charge in [0.1, 0.15) is 5.65 Å². The number of hydrogen-bond donors (Lipinski definition) is 0. The van der Waals surface area contributed by atoms with E-state index in [4.69, 9.17) is 0 Å². The average Bonchev–Trinajstić information content (AvgIpc) is 3.29. The Balaban J connectivity index is 1.60. The lowest BCUT2D eigenvalue weighted by Crippen LogP contribution is -2.40. The molecule has 0 atom stereocenters. The highest BCUT2D eigenvalue weighted by Crippen LogP contribution is 2.39. The number of aromatic nitrogens is 2. The number of imidazole rings is 1. The van der Waals surface area contributed by atoms with Gasteiger partial charge in [0, 0.05) is 38.7 Å². The number of benzene rings is 4. The van der Waals surface area contributed by atoms with Crippen LogP contribution in [0.4, 0.5) is 17.1 Å². The number of carbonyl (C=O) groups excluding carboxylic acids is 2. The summed E-state index contributed by atoms with van der Waals surface area (Å²) >= 11 is 0. The molecular formula is C26H11N5O7. The molecule has 182 valence electrons. The normalized spacial score (nSPS) is 13.3. The Morgan fingerprint density at radius 2 is 1.32 bits per heavy atom. The average molecular weight is 505 g/mol. The number of nitro benzene ring substituents is 2. The molecule has 38 heavy (non-hydrogen) atoms. The molecule has 3 heterocycles. The highest BCUT2D eigenvalue weighted by Gasteiger charge is 2.36. The van der Waals surface area contributed by atoms with Gasteiger partial charge in [0.15, 0.2) is 0 Å². The standard InChI is InChI=1S/C26H11N5O7/c32-24-15-7-6-13-21-14(8-9-16(22(15)21)25(33)28(24)12-4-2-1-3-5-12)26(34)29-18-11-20(31(37)38)19(30(35)36)10-17(18)27-23(13)29/h1-11H. The molecule has 0 bridgehead atoms. The zero-order valence-corrected chi connectivity index (χ0v) is 18.9. The summed E-state index contributed by atoms with van der Waals surface area (Å²) in [6, 6.07) is 16.5. The summed E-state index contributed by atoms with van der Waals surface area (Å²) in [5.74, 6) is -1.09. The molecule has 0 saturated heterocycles. The summed E-state index contributed by atoms with van der Waals surface area (Å²) in [7, 11) is 0. The molecule has 7 rings (SSSR count). The number of fused-ring (bicyclic) bond motifs is 4. The molecule has 4 aromatic carbocycles. The molecule has 2 amide bonds. The molecule has 1 aliphatic heterocycles. The van der Waals surface area contributed by atoms with Crippen LogP contribution in [-0.4, -0.2) is 31.0 Å². The SMILES string of the molecule is O=C1c2ccc3c(=O)n4c5cc([N+](=O)[O-])c([N+](=O)[O-])cc5nc4c4ccc(c2c34)C(=O)N1c1ccccc1. The van der Waals surface area contributed by atoms with Crippen molar-refractivity contribution in [2.75, 3.05) is 4.90 Å². The fourth-order valence-corrected chi connectivity index (χ4v) is 5.26. The third-order valence-electron chi connectivity index (χ3n) is 6.86. The second-order valence-corrected chi connectivity index (χ2v) is 8.77. The monoisotopic (exact) mass is 505 g/mol. The fourth-order valence-electron chi connectivity index (χ4n) is 5.26. The van der Waals surface area contributed by atoms with E-state index in [9.17, 15) is 34.6 Å². The quantitative estimate of drug-likeness (QED) is 0.197. The number of nitro groups is 2. The first-order valence-corrected chi connectivity index (χ1v) is 11.2. The third kappa shape index (κ3) is 2.57. The molecule has 0 fully saturated rings. The number of nitrogens with zero attached hydrogens (tertiary/aromatic N) is 5. The first-order chi connectivity index (χ1) is 18.3. The largest absolute Gasteiger partial charge is 0.348 e. The lowest BCUT2D eigenvalue weighted by atomic mass is 9.90. The smallest absolute Gasteiger partial charge is 0.268 e. The van der Waals surface area contributed by atoms with E-state index in [1.165, 1.54) is 12.1 Å². The van der Waals surface area contributed by atoms with Crippen LogP contribution in [0.15, 0.2) is 71.5 Å². The van der Waals surface area contributed by atoms with E-state index in [0.717, 1.165) is 21.4 Å². The van der Waals surface area contributed by atoms with Crippen molar-refractivity contribution in [3.8, 4) is 0 Å². The van der Waals surface area contributed by atoms with Crippen molar-refractivity contribution in [3.05, 3.63) is 108 Å². The van der Waals surface area contributed by atoms with Crippen LogP contribution in [0.1, 0.15) is 20.7 Å². The summed E-state index contributed by atoms with van der Waals surface area (Å²) in [4.78, 5) is 67.3. The van der Waals surface area contributed by atoms with Crippen molar-refractivity contribution in [2.45, 2.75) is 0 Å². The van der Waals surface area contributed by atoms with Crippen LogP contribution in [0.3, 0.4) is 0 Å². The van der Waals surface area contributed by atoms with Gasteiger partial charge in [-0.05, 0) is 36.4 Å². The van der Waals surface area contributed by atoms with Crippen LogP contribution >= 0.6 is 0 Å². The van der Waals surface area contributed by atoms with Crippen molar-refractivity contribution < 1.29 is 19.4 Å². The van der Waals surface area contributed by atoms with Gasteiger partial charge in [-0.1, -0.05) is 18.2 Å². The Morgan fingerprint density at radius 3 is 1.95 bits per heavy atom. The summed E-state index contributed by atoms with van der Waals surface area (Å²) < 4.78 is 1.16. The van der Waals surface area contributed by atoms with Gasteiger partial charge in [0.05, 0.1) is 32.6 Å². The number of hydrogen-bond acceptors (Lipinski definition) is 8. The topological polar surface area (TPSA) is 158 Å². The number of anilines is 1. The maximum atomic E-state index is 13.7. The molecule has 0 saturated carbocycles. The van der Waals surface area contributed by atoms with Gasteiger partial charge in [0.2, 0.25) is 0 Å². The van der Waals surface area contributed by atoms with Gasteiger partial charge in [-0.2, -0.15) is 0 Å². The van der Waals surface area contributed by atoms with E-state index in [2.05, 4.69) is 4.98 Å². The van der Waals surface area contributed by atoms with Crippen molar-refractivity contribution in [1.29, 1.82) is 0 Å². The number of rotatable bonds is 3. The lowest BCUT2D eigenvalue weighted by Gasteiger charge is -2.27. The molecule has 0 spiro atoms. The van der Waals surface area contributed by atoms with Crippen LogP contribution in [0, 0.1) is 20.2 Å². The predicted octanol–water partition coefficient (Wildman–Crippen LogP) is 4.21. The molecule has 12 heteroatoms. The number of imide groups is 1. The van der Waals surface area contributed by atoms with Gasteiger partial charge >= 0.3 is 11.4 Å². The first-order valence-electron chi connectivity index (χ1n) is 11.2. The van der Waals surface area contributed by atoms with Crippen LogP contribution in [-0.2, 0) is 0 Å². The van der Waals surface area contributed by atoms with E-state index in [1.807, 2.05) is 0 Å². The molecular weight excluding hydrogens is 494 g/mol. The maximum absolute atomic E-state index is 13.7. The predicted molar refractivity (Wildman–Crippen MR) is 136 cm³/mol. The highest BCUT2D eigenvalue weighted by atomic mass is 16.6. The van der Waals surface area contributed by atoms with Gasteiger partial charge in [-0.25, -0.2) is 9.88 Å². The van der Waals surface area contributed by atoms with Crippen molar-refractivity contribution in [1.82, 2.24) is 9.38 Å². The Labute approximate surface area is 209 Å². The summed E-state index contributed by atoms with van der Waals surface area (Å²) in [6.45, 7) is 0. The van der Waals surface area contributed by atoms with Gasteiger partial charge < -0.3 is 0 Å². The minimum atomic E-state index is -0.889. The van der Waals surface area contributed by atoms with Crippen LogP contribution in [0.2, 0.25) is 0 Å². The molecule has 0 N–H and O–H groups in total. The second-order valence-electron chi connectivity index (χ2n) is 8.77. The van der Waals surface area contributed by atoms with E-state index in [0.29, 0.717) is 21.8 Å². The molecule has 0 unspecified atom stereocenters. The van der Waals surface area contributed by atoms with Gasteiger partial charge in [-0.3, -0.25) is 39.0 Å². The van der Waals surface area contributed by atoms with E-state index >= 15 is 0 Å². The number of amides is 2. The van der Waals surface area contributed by atoms with E-state index in [1.54, 1.807) is 42.5 Å². The number of pyridine rings is 1. The molecule has 1 aliphatic rings. The molecule has 0 aliphatic carbocycles. The minimum absolute atomic E-state index is 0.0189. The second kappa shape index (κ2) is 7.13.